The lowest BCUT2D eigenvalue weighted by atomic mass is 10.1. The Balaban J connectivity index is 2.06. The van der Waals surface area contributed by atoms with Crippen LogP contribution < -0.4 is 5.56 Å². The van der Waals surface area contributed by atoms with Gasteiger partial charge in [0.05, 0.1) is 5.39 Å². The number of fused-ring (bicyclic) bond motifs is 1. The number of rotatable bonds is 2. The molecule has 0 spiro atoms. The minimum atomic E-state index is -0.141. The van der Waals surface area contributed by atoms with Crippen LogP contribution in [0.3, 0.4) is 0 Å². The third-order valence-electron chi connectivity index (χ3n) is 3.13. The van der Waals surface area contributed by atoms with Crippen LogP contribution in [0.2, 0.25) is 10.0 Å². The molecule has 0 fully saturated rings. The number of hydrogen-bond donors (Lipinski definition) is 1. The molecule has 0 aliphatic carbocycles. The molecule has 0 atom stereocenters. The lowest BCUT2D eigenvalue weighted by molar-refractivity contribution is 1.08. The van der Waals surface area contributed by atoms with Crippen LogP contribution in [0, 0.1) is 0 Å². The SMILES string of the molecule is O=c1[nH]ccc2cc(Cc3c(Cl)cccc3Cl)ncc12. The highest BCUT2D eigenvalue weighted by molar-refractivity contribution is 6.36. The van der Waals surface area contributed by atoms with Gasteiger partial charge in [0.25, 0.3) is 5.56 Å². The van der Waals surface area contributed by atoms with Crippen molar-refractivity contribution < 1.29 is 0 Å². The molecule has 3 aromatic rings. The van der Waals surface area contributed by atoms with E-state index in [0.29, 0.717) is 21.9 Å². The Labute approximate surface area is 125 Å². The average Bonchev–Trinajstić information content (AvgIpc) is 2.43. The third kappa shape index (κ3) is 2.42. The number of H-pyrrole nitrogens is 1. The highest BCUT2D eigenvalue weighted by atomic mass is 35.5. The van der Waals surface area contributed by atoms with Gasteiger partial charge in [0.1, 0.15) is 0 Å². The van der Waals surface area contributed by atoms with Crippen LogP contribution in [0.1, 0.15) is 11.3 Å². The van der Waals surface area contributed by atoms with E-state index >= 15 is 0 Å². The number of pyridine rings is 2. The second-order valence-electron chi connectivity index (χ2n) is 4.45. The molecule has 2 aromatic heterocycles. The Kier molecular flexibility index (Phi) is 3.47. The highest BCUT2D eigenvalue weighted by Crippen LogP contribution is 2.26. The summed E-state index contributed by atoms with van der Waals surface area (Å²) < 4.78 is 0. The van der Waals surface area contributed by atoms with Gasteiger partial charge in [-0.1, -0.05) is 29.3 Å². The van der Waals surface area contributed by atoms with E-state index in [4.69, 9.17) is 23.2 Å². The van der Waals surface area contributed by atoms with Crippen molar-refractivity contribution in [1.82, 2.24) is 9.97 Å². The molecule has 0 unspecified atom stereocenters. The van der Waals surface area contributed by atoms with E-state index in [-0.39, 0.29) is 5.56 Å². The third-order valence-corrected chi connectivity index (χ3v) is 3.84. The number of aromatic amines is 1. The zero-order valence-electron chi connectivity index (χ0n) is 10.4. The average molecular weight is 305 g/mol. The van der Waals surface area contributed by atoms with Gasteiger partial charge in [0.2, 0.25) is 0 Å². The van der Waals surface area contributed by atoms with E-state index in [1.165, 1.54) is 0 Å². The van der Waals surface area contributed by atoms with Crippen LogP contribution in [-0.2, 0) is 6.42 Å². The summed E-state index contributed by atoms with van der Waals surface area (Å²) >= 11 is 12.3. The van der Waals surface area contributed by atoms with E-state index in [1.807, 2.05) is 18.2 Å². The number of nitrogens with one attached hydrogen (secondary N) is 1. The summed E-state index contributed by atoms with van der Waals surface area (Å²) in [4.78, 5) is 18.6. The molecule has 0 bridgehead atoms. The Morgan fingerprint density at radius 1 is 1.15 bits per heavy atom. The summed E-state index contributed by atoms with van der Waals surface area (Å²) in [7, 11) is 0. The highest BCUT2D eigenvalue weighted by Gasteiger charge is 2.08. The van der Waals surface area contributed by atoms with E-state index in [1.54, 1.807) is 24.5 Å². The Bertz CT molecular complexity index is 822. The maximum atomic E-state index is 11.6. The largest absolute Gasteiger partial charge is 0.329 e. The van der Waals surface area contributed by atoms with Gasteiger partial charge < -0.3 is 4.98 Å². The summed E-state index contributed by atoms with van der Waals surface area (Å²) in [6, 6.07) is 9.13. The monoisotopic (exact) mass is 304 g/mol. The maximum Gasteiger partial charge on any atom is 0.257 e. The van der Waals surface area contributed by atoms with E-state index in [2.05, 4.69) is 9.97 Å². The van der Waals surface area contributed by atoms with Gasteiger partial charge in [-0.15, -0.1) is 0 Å². The molecular formula is C15H10Cl2N2O. The normalized spacial score (nSPS) is 10.9. The molecule has 0 amide bonds. The predicted octanol–water partition coefficient (Wildman–Crippen LogP) is 3.82. The number of halogens is 2. The fourth-order valence-corrected chi connectivity index (χ4v) is 2.64. The van der Waals surface area contributed by atoms with Gasteiger partial charge in [-0.05, 0) is 35.2 Å². The summed E-state index contributed by atoms with van der Waals surface area (Å²) in [6.45, 7) is 0. The first-order valence-corrected chi connectivity index (χ1v) is 6.80. The summed E-state index contributed by atoms with van der Waals surface area (Å²) in [5.41, 5.74) is 1.52. The standard InChI is InChI=1S/C15H10Cl2N2O/c16-13-2-1-3-14(17)11(13)7-10-6-9-4-5-18-15(20)12(9)8-19-10/h1-6,8H,7H2,(H,18,20). The number of aromatic nitrogens is 2. The first-order chi connectivity index (χ1) is 9.65. The van der Waals surface area contributed by atoms with E-state index in [0.717, 1.165) is 16.6 Å². The molecule has 0 saturated carbocycles. The van der Waals surface area contributed by atoms with Crippen LogP contribution in [-0.4, -0.2) is 9.97 Å². The molecule has 1 aromatic carbocycles. The van der Waals surface area contributed by atoms with Gasteiger partial charge in [-0.2, -0.15) is 0 Å². The molecular weight excluding hydrogens is 295 g/mol. The molecule has 20 heavy (non-hydrogen) atoms. The lowest BCUT2D eigenvalue weighted by Crippen LogP contribution is -2.05. The summed E-state index contributed by atoms with van der Waals surface area (Å²) in [6.07, 6.45) is 3.73. The van der Waals surface area contributed by atoms with Crippen molar-refractivity contribution in [2.45, 2.75) is 6.42 Å². The first-order valence-electron chi connectivity index (χ1n) is 6.04. The van der Waals surface area contributed by atoms with Crippen molar-refractivity contribution in [3.63, 3.8) is 0 Å². The van der Waals surface area contributed by atoms with Crippen molar-refractivity contribution in [1.29, 1.82) is 0 Å². The van der Waals surface area contributed by atoms with Crippen molar-refractivity contribution in [3.8, 4) is 0 Å². The number of nitrogens with zero attached hydrogens (tertiary/aromatic N) is 1. The number of hydrogen-bond acceptors (Lipinski definition) is 2. The fraction of sp³-hybridized carbons (Fsp3) is 0.0667. The van der Waals surface area contributed by atoms with Crippen LogP contribution in [0.15, 0.2) is 47.5 Å². The van der Waals surface area contributed by atoms with Crippen LogP contribution in [0.4, 0.5) is 0 Å². The zero-order valence-corrected chi connectivity index (χ0v) is 11.9. The van der Waals surface area contributed by atoms with Crippen LogP contribution >= 0.6 is 23.2 Å². The zero-order chi connectivity index (χ0) is 14.1. The lowest BCUT2D eigenvalue weighted by Gasteiger charge is -2.07. The van der Waals surface area contributed by atoms with Gasteiger partial charge in [0, 0.05) is 34.6 Å². The molecule has 3 rings (SSSR count). The van der Waals surface area contributed by atoms with Gasteiger partial charge in [-0.25, -0.2) is 0 Å². The Morgan fingerprint density at radius 2 is 1.90 bits per heavy atom. The molecule has 0 saturated heterocycles. The molecule has 100 valence electrons. The quantitative estimate of drug-likeness (QED) is 0.782. The Morgan fingerprint density at radius 3 is 2.65 bits per heavy atom. The minimum Gasteiger partial charge on any atom is -0.329 e. The maximum absolute atomic E-state index is 11.6. The molecule has 2 heterocycles. The van der Waals surface area contributed by atoms with Crippen molar-refractivity contribution in [3.05, 3.63) is 74.4 Å². The van der Waals surface area contributed by atoms with Crippen molar-refractivity contribution in [2.24, 2.45) is 0 Å². The minimum absolute atomic E-state index is 0.141. The van der Waals surface area contributed by atoms with Gasteiger partial charge in [0.15, 0.2) is 0 Å². The fourth-order valence-electron chi connectivity index (χ4n) is 2.11. The number of benzene rings is 1. The smallest absolute Gasteiger partial charge is 0.257 e. The summed E-state index contributed by atoms with van der Waals surface area (Å²) in [5.74, 6) is 0. The summed E-state index contributed by atoms with van der Waals surface area (Å²) in [5, 5.41) is 2.65. The van der Waals surface area contributed by atoms with Crippen molar-refractivity contribution >= 4 is 34.0 Å². The molecule has 5 heteroatoms. The van der Waals surface area contributed by atoms with Crippen LogP contribution in [0.25, 0.3) is 10.8 Å². The van der Waals surface area contributed by atoms with E-state index < -0.39 is 0 Å². The van der Waals surface area contributed by atoms with E-state index in [9.17, 15) is 4.79 Å². The predicted molar refractivity (Wildman–Crippen MR) is 81.6 cm³/mol. The molecule has 0 aliphatic rings. The van der Waals surface area contributed by atoms with Crippen LogP contribution in [0.5, 0.6) is 0 Å². The molecule has 3 nitrogen and oxygen atoms in total. The molecule has 0 aliphatic heterocycles. The second-order valence-corrected chi connectivity index (χ2v) is 5.26. The Hall–Kier alpha value is -1.84. The van der Waals surface area contributed by atoms with Gasteiger partial charge >= 0.3 is 0 Å². The molecule has 0 radical (unpaired) electrons. The molecule has 1 N–H and O–H groups in total. The van der Waals surface area contributed by atoms with Crippen molar-refractivity contribution in [2.75, 3.05) is 0 Å². The van der Waals surface area contributed by atoms with Gasteiger partial charge in [-0.3, -0.25) is 9.78 Å². The first kappa shape index (κ1) is 13.2. The second kappa shape index (κ2) is 5.27. The topological polar surface area (TPSA) is 45.8 Å².